The Morgan fingerprint density at radius 2 is 1.49 bits per heavy atom. The lowest BCUT2D eigenvalue weighted by Gasteiger charge is -2.36. The first-order chi connectivity index (χ1) is 26.3. The van der Waals surface area contributed by atoms with Crippen molar-refractivity contribution in [2.24, 2.45) is 5.73 Å². The predicted octanol–water partition coefficient (Wildman–Crippen LogP) is 4.03. The predicted molar refractivity (Wildman–Crippen MR) is 210 cm³/mol. The molecule has 1 fully saturated rings. The van der Waals surface area contributed by atoms with Crippen molar-refractivity contribution in [2.45, 2.75) is 82.8 Å². The fraction of sp³-hybridized carbons (Fsp3) is 0.357. The summed E-state index contributed by atoms with van der Waals surface area (Å²) in [6, 6.07) is 25.9. The molecular formula is C42H50N6O7. The molecule has 0 radical (unpaired) electrons. The number of nitrogens with zero attached hydrogens (tertiary/aromatic N) is 1. The normalized spacial score (nSPS) is 16.0. The minimum atomic E-state index is -1.45. The third kappa shape index (κ3) is 11.4. The number of primary amides is 1. The third-order valence-corrected chi connectivity index (χ3v) is 9.60. The Labute approximate surface area is 321 Å². The van der Waals surface area contributed by atoms with Gasteiger partial charge in [-0.2, -0.15) is 0 Å². The van der Waals surface area contributed by atoms with E-state index in [-0.39, 0.29) is 48.3 Å². The molecule has 7 N–H and O–H groups in total. The topological polar surface area (TPSA) is 192 Å². The Kier molecular flexibility index (Phi) is 13.6. The molecule has 1 heterocycles. The lowest BCUT2D eigenvalue weighted by Crippen LogP contribution is -2.57. The summed E-state index contributed by atoms with van der Waals surface area (Å²) in [5.74, 6) is -2.60. The van der Waals surface area contributed by atoms with Crippen LogP contribution >= 0.6 is 0 Å². The van der Waals surface area contributed by atoms with Crippen LogP contribution in [0.1, 0.15) is 61.5 Å². The summed E-state index contributed by atoms with van der Waals surface area (Å²) < 4.78 is 5.39. The first kappa shape index (κ1) is 40.4. The van der Waals surface area contributed by atoms with Crippen molar-refractivity contribution in [1.29, 1.82) is 0 Å². The number of hydrogen-bond acceptors (Lipinski definition) is 8. The van der Waals surface area contributed by atoms with Crippen LogP contribution in [0.25, 0.3) is 10.8 Å². The van der Waals surface area contributed by atoms with Gasteiger partial charge in [-0.15, -0.1) is 0 Å². The van der Waals surface area contributed by atoms with E-state index in [1.54, 1.807) is 24.3 Å². The zero-order chi connectivity index (χ0) is 39.5. The van der Waals surface area contributed by atoms with Crippen molar-refractivity contribution in [3.05, 3.63) is 114 Å². The number of rotatable bonds is 15. The summed E-state index contributed by atoms with van der Waals surface area (Å²) in [6.45, 7) is 6.80. The Bertz CT molecular complexity index is 1970. The van der Waals surface area contributed by atoms with Gasteiger partial charge < -0.3 is 31.5 Å². The molecule has 1 aliphatic heterocycles. The maximum absolute atomic E-state index is 13.9. The molecule has 0 aliphatic carbocycles. The SMILES string of the molecule is CC(C)(C)N1CCC[C@H]1C(=O)NC[C@@H](O)[C@H](Cc1ccccc1)NC(=O)[C@H](CC(N)=O)NC(=O)c1cc2ccccc2cc1NC(=O)OCc1ccccc1. The van der Waals surface area contributed by atoms with E-state index in [1.165, 1.54) is 0 Å². The van der Waals surface area contributed by atoms with Gasteiger partial charge in [0.1, 0.15) is 12.6 Å². The van der Waals surface area contributed by atoms with Gasteiger partial charge >= 0.3 is 6.09 Å². The van der Waals surface area contributed by atoms with Crippen LogP contribution in [-0.2, 0) is 32.1 Å². The van der Waals surface area contributed by atoms with Gasteiger partial charge in [0.15, 0.2) is 0 Å². The van der Waals surface area contributed by atoms with E-state index in [0.717, 1.165) is 29.5 Å². The van der Waals surface area contributed by atoms with Crippen LogP contribution in [0, 0.1) is 0 Å². The quantitative estimate of drug-likeness (QED) is 0.105. The Hall–Kier alpha value is -5.79. The highest BCUT2D eigenvalue weighted by Crippen LogP contribution is 2.27. The van der Waals surface area contributed by atoms with Crippen molar-refractivity contribution in [2.75, 3.05) is 18.4 Å². The number of hydrogen-bond donors (Lipinski definition) is 6. The second kappa shape index (κ2) is 18.5. The highest BCUT2D eigenvalue weighted by Gasteiger charge is 2.37. The molecule has 0 spiro atoms. The Morgan fingerprint density at radius 3 is 2.13 bits per heavy atom. The van der Waals surface area contributed by atoms with Gasteiger partial charge in [-0.3, -0.25) is 29.4 Å². The summed E-state index contributed by atoms with van der Waals surface area (Å²) >= 11 is 0. The van der Waals surface area contributed by atoms with Gasteiger partial charge in [-0.05, 0) is 80.6 Å². The lowest BCUT2D eigenvalue weighted by molar-refractivity contribution is -0.128. The summed E-state index contributed by atoms with van der Waals surface area (Å²) in [4.78, 5) is 68.4. The van der Waals surface area contributed by atoms with E-state index in [1.807, 2.05) is 72.8 Å². The molecule has 13 nitrogen and oxygen atoms in total. The number of aliphatic hydroxyl groups excluding tert-OH is 1. The van der Waals surface area contributed by atoms with E-state index in [2.05, 4.69) is 46.9 Å². The molecular weight excluding hydrogens is 700 g/mol. The van der Waals surface area contributed by atoms with Gasteiger partial charge in [0.25, 0.3) is 5.91 Å². The van der Waals surface area contributed by atoms with Gasteiger partial charge in [0, 0.05) is 12.1 Å². The van der Waals surface area contributed by atoms with Crippen LogP contribution in [0.15, 0.2) is 97.1 Å². The van der Waals surface area contributed by atoms with Crippen LogP contribution in [0.5, 0.6) is 0 Å². The number of nitrogens with two attached hydrogens (primary N) is 1. The number of benzene rings is 4. The van der Waals surface area contributed by atoms with Crippen LogP contribution < -0.4 is 27.0 Å². The molecule has 55 heavy (non-hydrogen) atoms. The minimum Gasteiger partial charge on any atom is -0.444 e. The maximum Gasteiger partial charge on any atom is 0.411 e. The minimum absolute atomic E-state index is 0.00172. The molecule has 0 unspecified atom stereocenters. The number of ether oxygens (including phenoxy) is 1. The number of fused-ring (bicyclic) bond motifs is 1. The van der Waals surface area contributed by atoms with Crippen molar-refractivity contribution < 1.29 is 33.8 Å². The average molecular weight is 751 g/mol. The van der Waals surface area contributed by atoms with Crippen LogP contribution in [0.3, 0.4) is 0 Å². The standard InChI is InChI=1S/C42H50N6O7/c1-42(2,3)48-20-12-19-35(48)40(53)44-25-36(49)33(21-27-13-6-4-7-14-27)45-39(52)34(24-37(43)50)46-38(51)31-22-29-17-10-11-18-30(29)23-32(31)47-41(54)55-26-28-15-8-5-9-16-28/h4-11,13-18,22-23,33-36,49H,12,19-21,24-26H2,1-3H3,(H2,43,50)(H,44,53)(H,45,52)(H,46,51)(H,47,54)/t33-,34-,35-,36+/m0/s1. The van der Waals surface area contributed by atoms with E-state index in [4.69, 9.17) is 10.5 Å². The van der Waals surface area contributed by atoms with E-state index in [0.29, 0.717) is 11.8 Å². The third-order valence-electron chi connectivity index (χ3n) is 9.60. The Morgan fingerprint density at radius 1 is 0.873 bits per heavy atom. The molecule has 5 amide bonds. The van der Waals surface area contributed by atoms with Gasteiger partial charge in [-0.25, -0.2) is 4.79 Å². The molecule has 4 aromatic rings. The number of anilines is 1. The van der Waals surface area contributed by atoms with Crippen LogP contribution in [0.4, 0.5) is 10.5 Å². The van der Waals surface area contributed by atoms with Crippen molar-refractivity contribution in [1.82, 2.24) is 20.9 Å². The average Bonchev–Trinajstić information content (AvgIpc) is 3.67. The van der Waals surface area contributed by atoms with Gasteiger partial charge in [0.05, 0.1) is 35.9 Å². The first-order valence-electron chi connectivity index (χ1n) is 18.4. The fourth-order valence-electron chi connectivity index (χ4n) is 6.79. The van der Waals surface area contributed by atoms with E-state index in [9.17, 15) is 29.1 Å². The maximum atomic E-state index is 13.9. The molecule has 1 aliphatic rings. The van der Waals surface area contributed by atoms with Crippen LogP contribution in [-0.4, -0.2) is 82.6 Å². The molecule has 13 heteroatoms. The molecule has 5 rings (SSSR count). The molecule has 0 saturated carbocycles. The molecule has 290 valence electrons. The number of amides is 5. The molecule has 1 saturated heterocycles. The van der Waals surface area contributed by atoms with E-state index < -0.39 is 48.4 Å². The van der Waals surface area contributed by atoms with Crippen LogP contribution in [0.2, 0.25) is 0 Å². The summed E-state index contributed by atoms with van der Waals surface area (Å²) in [5.41, 5.74) is 7.04. The van der Waals surface area contributed by atoms with Crippen molar-refractivity contribution >= 4 is 46.2 Å². The molecule has 0 bridgehead atoms. The fourth-order valence-corrected chi connectivity index (χ4v) is 6.79. The smallest absolute Gasteiger partial charge is 0.411 e. The monoisotopic (exact) mass is 750 g/mol. The molecule has 0 aromatic heterocycles. The van der Waals surface area contributed by atoms with Gasteiger partial charge in [0.2, 0.25) is 17.7 Å². The number of likely N-dealkylation sites (tertiary alicyclic amines) is 1. The summed E-state index contributed by atoms with van der Waals surface area (Å²) in [5, 5.41) is 23.8. The molecule has 4 aromatic carbocycles. The summed E-state index contributed by atoms with van der Waals surface area (Å²) in [7, 11) is 0. The number of carbonyl (C=O) groups excluding carboxylic acids is 5. The van der Waals surface area contributed by atoms with Crippen molar-refractivity contribution in [3.8, 4) is 0 Å². The first-order valence-corrected chi connectivity index (χ1v) is 18.4. The summed E-state index contributed by atoms with van der Waals surface area (Å²) in [6.07, 6.45) is -0.831. The second-order valence-electron chi connectivity index (χ2n) is 14.8. The van der Waals surface area contributed by atoms with E-state index >= 15 is 0 Å². The lowest BCUT2D eigenvalue weighted by atomic mass is 9.99. The second-order valence-corrected chi connectivity index (χ2v) is 14.8. The number of aliphatic hydroxyl groups is 1. The number of carbonyl (C=O) groups is 5. The molecule has 4 atom stereocenters. The Balaban J connectivity index is 1.33. The zero-order valence-corrected chi connectivity index (χ0v) is 31.4. The highest BCUT2D eigenvalue weighted by molar-refractivity contribution is 6.08. The van der Waals surface area contributed by atoms with Crippen molar-refractivity contribution in [3.63, 3.8) is 0 Å². The zero-order valence-electron chi connectivity index (χ0n) is 31.4. The van der Waals surface area contributed by atoms with Gasteiger partial charge in [-0.1, -0.05) is 84.9 Å². The highest BCUT2D eigenvalue weighted by atomic mass is 16.5. The number of nitrogens with one attached hydrogen (secondary N) is 4. The largest absolute Gasteiger partial charge is 0.444 e.